The van der Waals surface area contributed by atoms with Crippen LogP contribution in [-0.4, -0.2) is 18.4 Å². The van der Waals surface area contributed by atoms with E-state index in [4.69, 9.17) is 16.3 Å². The van der Waals surface area contributed by atoms with Crippen LogP contribution >= 0.6 is 11.6 Å². The van der Waals surface area contributed by atoms with Crippen molar-refractivity contribution in [1.29, 1.82) is 0 Å². The van der Waals surface area contributed by atoms with Crippen LogP contribution in [-0.2, 0) is 9.59 Å². The third-order valence-corrected chi connectivity index (χ3v) is 5.10. The Hall–Kier alpha value is -2.53. The molecule has 0 aromatic heterocycles. The van der Waals surface area contributed by atoms with Crippen molar-refractivity contribution in [3.63, 3.8) is 0 Å². The molecule has 0 spiro atoms. The Kier molecular flexibility index (Phi) is 6.57. The highest BCUT2D eigenvalue weighted by Crippen LogP contribution is 2.31. The van der Waals surface area contributed by atoms with Crippen LogP contribution in [0.5, 0.6) is 5.75 Å². The first-order chi connectivity index (χ1) is 13.4. The van der Waals surface area contributed by atoms with Crippen molar-refractivity contribution in [1.82, 2.24) is 0 Å². The molecule has 2 amide bonds. The summed E-state index contributed by atoms with van der Waals surface area (Å²) in [5, 5.41) is 6.53. The van der Waals surface area contributed by atoms with E-state index >= 15 is 0 Å². The largest absolute Gasteiger partial charge is 0.494 e. The van der Waals surface area contributed by atoms with Gasteiger partial charge in [0.1, 0.15) is 5.75 Å². The molecule has 0 bridgehead atoms. The summed E-state index contributed by atoms with van der Waals surface area (Å²) in [6.07, 6.45) is 2.87. The maximum absolute atomic E-state index is 12.3. The molecule has 1 saturated carbocycles. The molecule has 28 heavy (non-hydrogen) atoms. The van der Waals surface area contributed by atoms with E-state index in [-0.39, 0.29) is 17.7 Å². The molecule has 3 rings (SSSR count). The van der Waals surface area contributed by atoms with Crippen LogP contribution in [0.2, 0.25) is 5.02 Å². The van der Waals surface area contributed by atoms with Crippen molar-refractivity contribution in [2.75, 3.05) is 17.2 Å². The second-order valence-electron chi connectivity index (χ2n) is 7.20. The van der Waals surface area contributed by atoms with E-state index in [1.54, 1.807) is 12.1 Å². The Labute approximate surface area is 170 Å². The smallest absolute Gasteiger partial charge is 0.227 e. The van der Waals surface area contributed by atoms with Crippen molar-refractivity contribution in [2.24, 2.45) is 5.92 Å². The van der Waals surface area contributed by atoms with Crippen LogP contribution in [0.4, 0.5) is 11.4 Å². The molecule has 0 radical (unpaired) electrons. The topological polar surface area (TPSA) is 67.4 Å². The van der Waals surface area contributed by atoms with Crippen molar-refractivity contribution in [3.8, 4) is 5.75 Å². The molecule has 6 heteroatoms. The number of carbonyl (C=O) groups is 2. The minimum Gasteiger partial charge on any atom is -0.494 e. The summed E-state index contributed by atoms with van der Waals surface area (Å²) >= 11 is 6.00. The summed E-state index contributed by atoms with van der Waals surface area (Å²) in [5.74, 6) is 0.862. The summed E-state index contributed by atoms with van der Waals surface area (Å²) in [7, 11) is 0. The molecule has 1 aliphatic carbocycles. The molecule has 1 fully saturated rings. The van der Waals surface area contributed by atoms with Crippen LogP contribution < -0.4 is 15.4 Å². The Morgan fingerprint density at radius 1 is 1.07 bits per heavy atom. The minimum absolute atomic E-state index is 0.0516. The first kappa shape index (κ1) is 20.2. The van der Waals surface area contributed by atoms with E-state index in [1.807, 2.05) is 38.1 Å². The molecule has 0 heterocycles. The second kappa shape index (κ2) is 9.11. The van der Waals surface area contributed by atoms with Crippen LogP contribution in [0, 0.1) is 19.8 Å². The highest BCUT2D eigenvalue weighted by atomic mass is 35.5. The van der Waals surface area contributed by atoms with Crippen LogP contribution in [0.3, 0.4) is 0 Å². The van der Waals surface area contributed by atoms with Gasteiger partial charge in [-0.1, -0.05) is 17.7 Å². The van der Waals surface area contributed by atoms with E-state index in [2.05, 4.69) is 10.6 Å². The number of ether oxygens (including phenoxy) is 1. The molecule has 0 unspecified atom stereocenters. The summed E-state index contributed by atoms with van der Waals surface area (Å²) in [4.78, 5) is 24.2. The Morgan fingerprint density at radius 3 is 2.57 bits per heavy atom. The van der Waals surface area contributed by atoms with Crippen LogP contribution in [0.15, 0.2) is 36.4 Å². The van der Waals surface area contributed by atoms with E-state index in [0.717, 1.165) is 29.7 Å². The number of amides is 2. The van der Waals surface area contributed by atoms with Gasteiger partial charge < -0.3 is 15.4 Å². The zero-order chi connectivity index (χ0) is 20.1. The van der Waals surface area contributed by atoms with Gasteiger partial charge in [-0.25, -0.2) is 0 Å². The average Bonchev–Trinajstić information content (AvgIpc) is 3.50. The Bertz CT molecular complexity index is 878. The normalized spacial score (nSPS) is 13.1. The number of hydrogen-bond donors (Lipinski definition) is 2. The second-order valence-corrected chi connectivity index (χ2v) is 7.61. The fourth-order valence-corrected chi connectivity index (χ4v) is 2.88. The van der Waals surface area contributed by atoms with Crippen molar-refractivity contribution >= 4 is 34.8 Å². The van der Waals surface area contributed by atoms with Crippen LogP contribution in [0.1, 0.15) is 36.8 Å². The third kappa shape index (κ3) is 5.73. The van der Waals surface area contributed by atoms with Gasteiger partial charge in [-0.3, -0.25) is 9.59 Å². The number of nitrogens with one attached hydrogen (secondary N) is 2. The number of halogens is 1. The van der Waals surface area contributed by atoms with Gasteiger partial charge in [0, 0.05) is 28.7 Å². The van der Waals surface area contributed by atoms with Gasteiger partial charge in [-0.15, -0.1) is 0 Å². The fraction of sp³-hybridized carbons (Fsp3) is 0.364. The average molecular weight is 401 g/mol. The van der Waals surface area contributed by atoms with Crippen molar-refractivity contribution in [2.45, 2.75) is 39.5 Å². The molecular weight excluding hydrogens is 376 g/mol. The predicted octanol–water partition coefficient (Wildman–Crippen LogP) is 5.10. The molecule has 148 valence electrons. The zero-order valence-electron chi connectivity index (χ0n) is 16.2. The number of hydrogen-bond acceptors (Lipinski definition) is 3. The maximum Gasteiger partial charge on any atom is 0.227 e. The predicted molar refractivity (Wildman–Crippen MR) is 112 cm³/mol. The van der Waals surface area contributed by atoms with Gasteiger partial charge in [0.05, 0.1) is 6.61 Å². The summed E-state index contributed by atoms with van der Waals surface area (Å²) < 4.78 is 5.67. The lowest BCUT2D eigenvalue weighted by atomic mass is 10.1. The number of carbonyl (C=O) groups excluding carboxylic acids is 2. The van der Waals surface area contributed by atoms with Crippen molar-refractivity contribution in [3.05, 3.63) is 52.5 Å². The van der Waals surface area contributed by atoms with E-state index in [9.17, 15) is 9.59 Å². The molecule has 1 aliphatic rings. The van der Waals surface area contributed by atoms with E-state index in [1.165, 1.54) is 0 Å². The molecule has 2 aromatic rings. The number of aryl methyl sites for hydroxylation is 2. The first-order valence-corrected chi connectivity index (χ1v) is 9.90. The monoisotopic (exact) mass is 400 g/mol. The highest BCUT2D eigenvalue weighted by Gasteiger charge is 2.29. The number of anilines is 2. The lowest BCUT2D eigenvalue weighted by molar-refractivity contribution is -0.117. The van der Waals surface area contributed by atoms with E-state index < -0.39 is 0 Å². The quantitative estimate of drug-likeness (QED) is 0.605. The van der Waals surface area contributed by atoms with Gasteiger partial charge in [-0.05, 0) is 74.6 Å². The first-order valence-electron chi connectivity index (χ1n) is 9.52. The lowest BCUT2D eigenvalue weighted by Gasteiger charge is -2.12. The van der Waals surface area contributed by atoms with Crippen molar-refractivity contribution < 1.29 is 14.3 Å². The maximum atomic E-state index is 12.3. The Balaban J connectivity index is 1.45. The molecule has 5 nitrogen and oxygen atoms in total. The van der Waals surface area contributed by atoms with Gasteiger partial charge in [-0.2, -0.15) is 0 Å². The molecule has 0 saturated heterocycles. The highest BCUT2D eigenvalue weighted by molar-refractivity contribution is 6.31. The minimum atomic E-state index is -0.0790. The summed E-state index contributed by atoms with van der Waals surface area (Å²) in [5.41, 5.74) is 3.33. The Morgan fingerprint density at radius 2 is 1.86 bits per heavy atom. The molecule has 0 atom stereocenters. The lowest BCUT2D eigenvalue weighted by Crippen LogP contribution is -2.15. The summed E-state index contributed by atoms with van der Waals surface area (Å²) in [6.45, 7) is 4.30. The van der Waals surface area contributed by atoms with Gasteiger partial charge in [0.15, 0.2) is 0 Å². The standard InChI is InChI=1S/C22H25ClN2O3/c1-14-5-8-17(24-22(27)16-6-7-16)13-20(14)25-21(26)4-3-11-28-18-9-10-19(23)15(2)12-18/h5,8-10,12-13,16H,3-4,6-7,11H2,1-2H3,(H,24,27)(H,25,26). The number of rotatable bonds is 8. The van der Waals surface area contributed by atoms with Crippen LogP contribution in [0.25, 0.3) is 0 Å². The molecule has 0 aliphatic heterocycles. The SMILES string of the molecule is Cc1cc(OCCCC(=O)Nc2cc(NC(=O)C3CC3)ccc2C)ccc1Cl. The molecular formula is C22H25ClN2O3. The van der Waals surface area contributed by atoms with E-state index in [0.29, 0.717) is 35.8 Å². The third-order valence-electron chi connectivity index (χ3n) is 4.67. The zero-order valence-corrected chi connectivity index (χ0v) is 16.9. The molecule has 2 aromatic carbocycles. The van der Waals surface area contributed by atoms with Gasteiger partial charge in [0.25, 0.3) is 0 Å². The summed E-state index contributed by atoms with van der Waals surface area (Å²) in [6, 6.07) is 11.1. The van der Waals surface area contributed by atoms with Gasteiger partial charge >= 0.3 is 0 Å². The molecule has 2 N–H and O–H groups in total. The fourth-order valence-electron chi connectivity index (χ4n) is 2.77. The van der Waals surface area contributed by atoms with Gasteiger partial charge in [0.2, 0.25) is 11.8 Å². The number of benzene rings is 2.